The number of para-hydroxylation sites is 2. The number of urea groups is 1. The van der Waals surface area contributed by atoms with E-state index in [1.165, 1.54) is 7.11 Å². The minimum absolute atomic E-state index is 0.115. The van der Waals surface area contributed by atoms with Gasteiger partial charge >= 0.3 is 6.03 Å². The highest BCUT2D eigenvalue weighted by Crippen LogP contribution is 2.35. The molecule has 34 heavy (non-hydrogen) atoms. The molecule has 9 heteroatoms. The molecule has 2 N–H and O–H groups in total. The summed E-state index contributed by atoms with van der Waals surface area (Å²) in [5, 5.41) is 7.39. The Morgan fingerprint density at radius 2 is 1.85 bits per heavy atom. The van der Waals surface area contributed by atoms with Crippen molar-refractivity contribution in [1.29, 1.82) is 0 Å². The minimum atomic E-state index is -0.511. The molecule has 3 amide bonds. The third kappa shape index (κ3) is 4.43. The molecular formula is C25H26N4O4S. The number of carbonyl (C=O) groups is 2. The van der Waals surface area contributed by atoms with Gasteiger partial charge in [0.25, 0.3) is 5.56 Å². The highest BCUT2D eigenvalue weighted by atomic mass is 32.1. The van der Waals surface area contributed by atoms with Crippen molar-refractivity contribution in [2.45, 2.75) is 25.3 Å². The molecule has 1 aromatic carbocycles. The van der Waals surface area contributed by atoms with Gasteiger partial charge in [-0.2, -0.15) is 0 Å². The highest BCUT2D eigenvalue weighted by molar-refractivity contribution is 7.10. The fourth-order valence-corrected chi connectivity index (χ4v) is 5.64. The highest BCUT2D eigenvalue weighted by Gasteiger charge is 2.36. The van der Waals surface area contributed by atoms with Gasteiger partial charge in [-0.3, -0.25) is 9.59 Å². The zero-order valence-corrected chi connectivity index (χ0v) is 19.6. The quantitative estimate of drug-likeness (QED) is 0.584. The number of anilines is 2. The Morgan fingerprint density at radius 1 is 1.03 bits per heavy atom. The van der Waals surface area contributed by atoms with Gasteiger partial charge in [0.1, 0.15) is 11.4 Å². The third-order valence-corrected chi connectivity index (χ3v) is 7.34. The predicted molar refractivity (Wildman–Crippen MR) is 132 cm³/mol. The van der Waals surface area contributed by atoms with Crippen molar-refractivity contribution in [3.05, 3.63) is 74.8 Å². The lowest BCUT2D eigenvalue weighted by atomic mass is 9.83. The molecule has 2 aliphatic rings. The normalized spacial score (nSPS) is 18.7. The van der Waals surface area contributed by atoms with Crippen molar-refractivity contribution in [3.63, 3.8) is 0 Å². The van der Waals surface area contributed by atoms with Crippen LogP contribution in [0.15, 0.2) is 58.7 Å². The van der Waals surface area contributed by atoms with Crippen molar-refractivity contribution < 1.29 is 14.3 Å². The largest absolute Gasteiger partial charge is 0.495 e. The number of piperidine rings is 1. The lowest BCUT2D eigenvalue weighted by Crippen LogP contribution is -2.49. The number of thiophene rings is 1. The van der Waals surface area contributed by atoms with Gasteiger partial charge in [0, 0.05) is 36.1 Å². The van der Waals surface area contributed by atoms with Gasteiger partial charge in [0.05, 0.1) is 19.2 Å². The molecule has 5 rings (SSSR count). The summed E-state index contributed by atoms with van der Waals surface area (Å²) in [6, 6.07) is 14.1. The molecule has 0 radical (unpaired) electrons. The number of carbonyl (C=O) groups excluding carboxylic acids is 2. The first-order valence-electron chi connectivity index (χ1n) is 11.3. The number of amides is 3. The standard InChI is InChI=1S/C25H26N4O4S/c1-33-22-7-3-2-6-19(22)26-25(32)27-20-8-9-21-17-11-16(14-29(21)24(20)31)13-28(15-17)23(30)12-18-5-4-10-34-18/h2-10,16-17H,11-15H2,1H3,(H2,26,27,32). The summed E-state index contributed by atoms with van der Waals surface area (Å²) >= 11 is 1.60. The van der Waals surface area contributed by atoms with Gasteiger partial charge < -0.3 is 24.8 Å². The van der Waals surface area contributed by atoms with Gasteiger partial charge in [-0.25, -0.2) is 4.79 Å². The number of fused-ring (bicyclic) bond motifs is 4. The van der Waals surface area contributed by atoms with E-state index in [2.05, 4.69) is 10.6 Å². The molecule has 176 valence electrons. The lowest BCUT2D eigenvalue weighted by Gasteiger charge is -2.43. The number of methoxy groups -OCH3 is 1. The van der Waals surface area contributed by atoms with Crippen LogP contribution >= 0.6 is 11.3 Å². The zero-order chi connectivity index (χ0) is 23.7. The van der Waals surface area contributed by atoms with E-state index in [4.69, 9.17) is 4.74 Å². The van der Waals surface area contributed by atoms with E-state index in [1.807, 2.05) is 34.5 Å². The number of hydrogen-bond acceptors (Lipinski definition) is 5. The first-order valence-corrected chi connectivity index (χ1v) is 12.1. The molecule has 2 aliphatic heterocycles. The molecule has 0 spiro atoms. The minimum Gasteiger partial charge on any atom is -0.495 e. The summed E-state index contributed by atoms with van der Waals surface area (Å²) in [4.78, 5) is 41.6. The fraction of sp³-hybridized carbons (Fsp3) is 0.320. The average Bonchev–Trinajstić information content (AvgIpc) is 3.34. The van der Waals surface area contributed by atoms with Crippen LogP contribution in [-0.2, 0) is 17.8 Å². The second kappa shape index (κ2) is 9.34. The molecule has 3 aromatic rings. The van der Waals surface area contributed by atoms with Crippen LogP contribution in [-0.4, -0.2) is 41.6 Å². The summed E-state index contributed by atoms with van der Waals surface area (Å²) in [6.07, 6.45) is 1.39. The Balaban J connectivity index is 1.30. The van der Waals surface area contributed by atoms with Gasteiger partial charge in [-0.05, 0) is 48.1 Å². The van der Waals surface area contributed by atoms with E-state index >= 15 is 0 Å². The maximum Gasteiger partial charge on any atom is 0.323 e. The maximum absolute atomic E-state index is 13.2. The van der Waals surface area contributed by atoms with Crippen molar-refractivity contribution in [3.8, 4) is 5.75 Å². The van der Waals surface area contributed by atoms with E-state index in [1.54, 1.807) is 40.2 Å². The molecule has 2 unspecified atom stereocenters. The number of pyridine rings is 1. The van der Waals surface area contributed by atoms with Crippen LogP contribution in [0.5, 0.6) is 5.75 Å². The van der Waals surface area contributed by atoms with Crippen LogP contribution in [0.4, 0.5) is 16.2 Å². The van der Waals surface area contributed by atoms with Gasteiger partial charge in [0.15, 0.2) is 0 Å². The first-order chi connectivity index (χ1) is 16.5. The Kier molecular flexibility index (Phi) is 6.10. The van der Waals surface area contributed by atoms with Gasteiger partial charge in [-0.15, -0.1) is 11.3 Å². The number of nitrogens with one attached hydrogen (secondary N) is 2. The number of nitrogens with zero attached hydrogens (tertiary/aromatic N) is 2. The summed E-state index contributed by atoms with van der Waals surface area (Å²) in [6.45, 7) is 1.80. The molecule has 1 fully saturated rings. The SMILES string of the molecule is COc1ccccc1NC(=O)Nc1ccc2n(c1=O)CC1CC2CN(C(=O)Cc2cccs2)C1. The fourth-order valence-electron chi connectivity index (χ4n) is 4.94. The molecule has 8 nitrogen and oxygen atoms in total. The number of likely N-dealkylation sites (tertiary alicyclic amines) is 1. The first kappa shape index (κ1) is 22.2. The predicted octanol–water partition coefficient (Wildman–Crippen LogP) is 3.75. The van der Waals surface area contributed by atoms with Crippen LogP contribution in [0.3, 0.4) is 0 Å². The Hall–Kier alpha value is -3.59. The van der Waals surface area contributed by atoms with Crippen molar-refractivity contribution in [1.82, 2.24) is 9.47 Å². The lowest BCUT2D eigenvalue weighted by molar-refractivity contribution is -0.133. The summed E-state index contributed by atoms with van der Waals surface area (Å²) in [5.41, 5.74) is 1.44. The number of aromatic nitrogens is 1. The topological polar surface area (TPSA) is 92.7 Å². The molecule has 4 heterocycles. The van der Waals surface area contributed by atoms with Crippen LogP contribution in [0.1, 0.15) is 22.9 Å². The zero-order valence-electron chi connectivity index (χ0n) is 18.8. The van der Waals surface area contributed by atoms with Crippen LogP contribution in [0, 0.1) is 5.92 Å². The maximum atomic E-state index is 13.2. The monoisotopic (exact) mass is 478 g/mol. The Morgan fingerprint density at radius 3 is 2.65 bits per heavy atom. The average molecular weight is 479 g/mol. The van der Waals surface area contributed by atoms with Gasteiger partial charge in [0.2, 0.25) is 5.91 Å². The summed E-state index contributed by atoms with van der Waals surface area (Å²) in [5.74, 6) is 1.00. The number of ether oxygens (including phenoxy) is 1. The van der Waals surface area contributed by atoms with Gasteiger partial charge in [-0.1, -0.05) is 18.2 Å². The number of hydrogen-bond donors (Lipinski definition) is 2. The number of benzene rings is 1. The van der Waals surface area contributed by atoms with E-state index in [-0.39, 0.29) is 29.0 Å². The van der Waals surface area contributed by atoms with E-state index in [9.17, 15) is 14.4 Å². The molecule has 0 saturated carbocycles. The molecular weight excluding hydrogens is 452 g/mol. The summed E-state index contributed by atoms with van der Waals surface area (Å²) < 4.78 is 7.02. The van der Waals surface area contributed by atoms with Crippen molar-refractivity contribution in [2.24, 2.45) is 5.92 Å². The molecule has 1 saturated heterocycles. The van der Waals surface area contributed by atoms with Crippen molar-refractivity contribution >= 4 is 34.6 Å². The molecule has 2 atom stereocenters. The van der Waals surface area contributed by atoms with E-state index in [0.717, 1.165) is 17.0 Å². The van der Waals surface area contributed by atoms with E-state index in [0.29, 0.717) is 37.5 Å². The Labute approximate surface area is 201 Å². The second-order valence-corrected chi connectivity index (χ2v) is 9.75. The van der Waals surface area contributed by atoms with Crippen LogP contribution < -0.4 is 20.9 Å². The smallest absolute Gasteiger partial charge is 0.323 e. The molecule has 2 aromatic heterocycles. The van der Waals surface area contributed by atoms with E-state index < -0.39 is 6.03 Å². The molecule has 2 bridgehead atoms. The Bertz CT molecular complexity index is 1270. The number of rotatable bonds is 5. The van der Waals surface area contributed by atoms with Crippen LogP contribution in [0.2, 0.25) is 0 Å². The summed E-state index contributed by atoms with van der Waals surface area (Å²) in [7, 11) is 1.53. The van der Waals surface area contributed by atoms with Crippen LogP contribution in [0.25, 0.3) is 0 Å². The third-order valence-electron chi connectivity index (χ3n) is 6.47. The van der Waals surface area contributed by atoms with Crippen molar-refractivity contribution in [2.75, 3.05) is 30.8 Å². The second-order valence-electron chi connectivity index (χ2n) is 8.72. The molecule has 0 aliphatic carbocycles.